The van der Waals surface area contributed by atoms with Crippen molar-refractivity contribution in [3.63, 3.8) is 0 Å². The maximum Gasteiger partial charge on any atom is 0.220 e. The molecule has 3 N–H and O–H groups in total. The van der Waals surface area contributed by atoms with Gasteiger partial charge in [-0.15, -0.1) is 24.0 Å². The molecular formula is C17H35IN4O. The highest BCUT2D eigenvalue weighted by molar-refractivity contribution is 14.0. The molecule has 1 fully saturated rings. The Kier molecular flexibility index (Phi) is 14.7. The number of nitrogens with zero attached hydrogens (tertiary/aromatic N) is 1. The number of halogens is 1. The Bertz CT molecular complexity index is 331. The van der Waals surface area contributed by atoms with Gasteiger partial charge in [-0.05, 0) is 32.1 Å². The predicted octanol–water partition coefficient (Wildman–Crippen LogP) is 3.05. The molecule has 0 atom stereocenters. The minimum absolute atomic E-state index is 0. The Hall–Kier alpha value is -0.530. The van der Waals surface area contributed by atoms with Crippen molar-refractivity contribution < 1.29 is 4.79 Å². The minimum Gasteiger partial charge on any atom is -0.357 e. The topological polar surface area (TPSA) is 65.5 Å². The normalized spacial score (nSPS) is 15.7. The van der Waals surface area contributed by atoms with Crippen LogP contribution in [-0.4, -0.2) is 38.0 Å². The third kappa shape index (κ3) is 11.6. The van der Waals surface area contributed by atoms with E-state index in [0.717, 1.165) is 31.9 Å². The molecular weight excluding hydrogens is 403 g/mol. The smallest absolute Gasteiger partial charge is 0.220 e. The van der Waals surface area contributed by atoms with Crippen molar-refractivity contribution in [2.24, 2.45) is 10.9 Å². The summed E-state index contributed by atoms with van der Waals surface area (Å²) in [5.74, 6) is 1.65. The van der Waals surface area contributed by atoms with E-state index < -0.39 is 0 Å². The minimum atomic E-state index is 0. The van der Waals surface area contributed by atoms with E-state index in [1.54, 1.807) is 0 Å². The van der Waals surface area contributed by atoms with Gasteiger partial charge in [0.25, 0.3) is 0 Å². The van der Waals surface area contributed by atoms with Crippen molar-refractivity contribution >= 4 is 35.8 Å². The van der Waals surface area contributed by atoms with Gasteiger partial charge < -0.3 is 16.0 Å². The molecule has 5 nitrogen and oxygen atoms in total. The maximum atomic E-state index is 11.9. The molecule has 0 aromatic rings. The van der Waals surface area contributed by atoms with E-state index in [0.29, 0.717) is 25.4 Å². The Morgan fingerprint density at radius 1 is 1.04 bits per heavy atom. The number of hydrogen-bond acceptors (Lipinski definition) is 2. The summed E-state index contributed by atoms with van der Waals surface area (Å²) >= 11 is 0. The fraction of sp³-hybridized carbons (Fsp3) is 0.882. The van der Waals surface area contributed by atoms with Crippen LogP contribution in [0, 0.1) is 5.92 Å². The van der Waals surface area contributed by atoms with Crippen LogP contribution in [0.15, 0.2) is 4.99 Å². The lowest BCUT2D eigenvalue weighted by atomic mass is 9.87. The molecule has 0 bridgehead atoms. The average molecular weight is 438 g/mol. The van der Waals surface area contributed by atoms with Crippen molar-refractivity contribution in [3.05, 3.63) is 0 Å². The number of unbranched alkanes of at least 4 members (excludes halogenated alkanes) is 1. The van der Waals surface area contributed by atoms with Crippen LogP contribution in [0.5, 0.6) is 0 Å². The molecule has 0 saturated heterocycles. The lowest BCUT2D eigenvalue weighted by Crippen LogP contribution is -2.41. The summed E-state index contributed by atoms with van der Waals surface area (Å²) in [5.41, 5.74) is 0. The van der Waals surface area contributed by atoms with Gasteiger partial charge in [-0.25, -0.2) is 0 Å². The molecule has 23 heavy (non-hydrogen) atoms. The van der Waals surface area contributed by atoms with Crippen molar-refractivity contribution in [3.8, 4) is 0 Å². The van der Waals surface area contributed by atoms with Gasteiger partial charge in [-0.1, -0.05) is 32.6 Å². The number of amides is 1. The molecule has 0 aromatic carbocycles. The number of hydrogen-bond donors (Lipinski definition) is 3. The fourth-order valence-electron chi connectivity index (χ4n) is 2.80. The summed E-state index contributed by atoms with van der Waals surface area (Å²) in [6.07, 6.45) is 9.33. The van der Waals surface area contributed by atoms with E-state index in [1.807, 2.05) is 0 Å². The summed E-state index contributed by atoms with van der Waals surface area (Å²) in [6.45, 7) is 7.30. The van der Waals surface area contributed by atoms with Gasteiger partial charge in [0.15, 0.2) is 5.96 Å². The number of guanidine groups is 1. The highest BCUT2D eigenvalue weighted by Crippen LogP contribution is 2.25. The zero-order valence-corrected chi connectivity index (χ0v) is 17.2. The SMILES string of the molecule is CCCCN=C(NCC)NCCNC(=O)CC1CCCCC1.I. The summed E-state index contributed by atoms with van der Waals surface area (Å²) in [7, 11) is 0. The van der Waals surface area contributed by atoms with Gasteiger partial charge in [0.05, 0.1) is 0 Å². The van der Waals surface area contributed by atoms with E-state index in [9.17, 15) is 4.79 Å². The Morgan fingerprint density at radius 2 is 1.74 bits per heavy atom. The fourth-order valence-corrected chi connectivity index (χ4v) is 2.80. The number of aliphatic imine (C=N–C) groups is 1. The van der Waals surface area contributed by atoms with Crippen molar-refractivity contribution in [2.45, 2.75) is 65.2 Å². The van der Waals surface area contributed by atoms with Crippen LogP contribution in [0.3, 0.4) is 0 Å². The van der Waals surface area contributed by atoms with Gasteiger partial charge in [0.1, 0.15) is 0 Å². The average Bonchev–Trinajstić information content (AvgIpc) is 2.52. The van der Waals surface area contributed by atoms with Crippen LogP contribution in [0.25, 0.3) is 0 Å². The van der Waals surface area contributed by atoms with Gasteiger partial charge in [0, 0.05) is 32.6 Å². The summed E-state index contributed by atoms with van der Waals surface area (Å²) < 4.78 is 0. The molecule has 6 heteroatoms. The molecule has 0 aromatic heterocycles. The number of nitrogens with one attached hydrogen (secondary N) is 3. The van der Waals surface area contributed by atoms with E-state index in [4.69, 9.17) is 0 Å². The van der Waals surface area contributed by atoms with Crippen LogP contribution in [0.1, 0.15) is 65.2 Å². The third-order valence-electron chi connectivity index (χ3n) is 4.06. The monoisotopic (exact) mass is 438 g/mol. The zero-order valence-electron chi connectivity index (χ0n) is 14.8. The van der Waals surface area contributed by atoms with Crippen molar-refractivity contribution in [1.82, 2.24) is 16.0 Å². The standard InChI is InChI=1S/C17H34N4O.HI/c1-3-5-11-20-17(18-4-2)21-13-12-19-16(22)14-15-9-7-6-8-10-15;/h15H,3-14H2,1-2H3,(H,19,22)(H2,18,20,21);1H. The molecule has 1 rings (SSSR count). The molecule has 1 amide bonds. The molecule has 0 aliphatic heterocycles. The highest BCUT2D eigenvalue weighted by Gasteiger charge is 2.16. The van der Waals surface area contributed by atoms with Gasteiger partial charge >= 0.3 is 0 Å². The lowest BCUT2D eigenvalue weighted by molar-refractivity contribution is -0.122. The quantitative estimate of drug-likeness (QED) is 0.224. The third-order valence-corrected chi connectivity index (χ3v) is 4.06. The van der Waals surface area contributed by atoms with Gasteiger partial charge in [-0.3, -0.25) is 9.79 Å². The van der Waals surface area contributed by atoms with Crippen LogP contribution in [-0.2, 0) is 4.79 Å². The highest BCUT2D eigenvalue weighted by atomic mass is 127. The van der Waals surface area contributed by atoms with E-state index in [-0.39, 0.29) is 29.9 Å². The molecule has 0 spiro atoms. The molecule has 0 radical (unpaired) electrons. The van der Waals surface area contributed by atoms with Crippen LogP contribution >= 0.6 is 24.0 Å². The van der Waals surface area contributed by atoms with E-state index in [2.05, 4.69) is 34.8 Å². The molecule has 0 unspecified atom stereocenters. The van der Waals surface area contributed by atoms with Crippen LogP contribution in [0.4, 0.5) is 0 Å². The summed E-state index contributed by atoms with van der Waals surface area (Å²) in [4.78, 5) is 16.4. The first-order chi connectivity index (χ1) is 10.8. The first kappa shape index (κ1) is 22.5. The molecule has 136 valence electrons. The Balaban J connectivity index is 0.00000484. The summed E-state index contributed by atoms with van der Waals surface area (Å²) in [6, 6.07) is 0. The van der Waals surface area contributed by atoms with E-state index >= 15 is 0 Å². The van der Waals surface area contributed by atoms with Gasteiger partial charge in [-0.2, -0.15) is 0 Å². The predicted molar refractivity (Wildman–Crippen MR) is 109 cm³/mol. The number of carbonyl (C=O) groups is 1. The van der Waals surface area contributed by atoms with Crippen LogP contribution in [0.2, 0.25) is 0 Å². The van der Waals surface area contributed by atoms with E-state index in [1.165, 1.54) is 32.1 Å². The van der Waals surface area contributed by atoms with Gasteiger partial charge in [0.2, 0.25) is 5.91 Å². The second-order valence-corrected chi connectivity index (χ2v) is 6.10. The first-order valence-corrected chi connectivity index (χ1v) is 9.05. The number of carbonyl (C=O) groups excluding carboxylic acids is 1. The lowest BCUT2D eigenvalue weighted by Gasteiger charge is -2.20. The summed E-state index contributed by atoms with van der Waals surface area (Å²) in [5, 5.41) is 9.49. The second kappa shape index (κ2) is 15.0. The van der Waals surface area contributed by atoms with Crippen LogP contribution < -0.4 is 16.0 Å². The molecule has 1 saturated carbocycles. The zero-order chi connectivity index (χ0) is 16.0. The largest absolute Gasteiger partial charge is 0.357 e. The van der Waals surface area contributed by atoms with Crippen molar-refractivity contribution in [1.29, 1.82) is 0 Å². The molecule has 0 heterocycles. The Morgan fingerprint density at radius 3 is 2.39 bits per heavy atom. The second-order valence-electron chi connectivity index (χ2n) is 6.10. The number of rotatable bonds is 9. The molecule has 1 aliphatic carbocycles. The van der Waals surface area contributed by atoms with Crippen molar-refractivity contribution in [2.75, 3.05) is 26.2 Å². The Labute approximate surface area is 158 Å². The maximum absolute atomic E-state index is 11.9. The first-order valence-electron chi connectivity index (χ1n) is 9.05. The molecule has 1 aliphatic rings.